The molecule has 0 aromatic heterocycles. The summed E-state index contributed by atoms with van der Waals surface area (Å²) in [5.41, 5.74) is 2.54. The zero-order valence-electron chi connectivity index (χ0n) is 13.7. The lowest BCUT2D eigenvalue weighted by Gasteiger charge is -2.21. The molecular weight excluding hydrogens is 354 g/mol. The normalized spacial score (nSPS) is 12.7. The Kier molecular flexibility index (Phi) is 5.23. The molecule has 3 aromatic rings. The number of nitrogens with one attached hydrogen (secondary N) is 1. The molecule has 1 N–H and O–H groups in total. The Balaban J connectivity index is 2.04. The molecule has 0 heterocycles. The van der Waals surface area contributed by atoms with Crippen LogP contribution in [0.3, 0.4) is 0 Å². The first-order valence-electron chi connectivity index (χ1n) is 7.86. The van der Waals surface area contributed by atoms with E-state index < -0.39 is 16.1 Å². The van der Waals surface area contributed by atoms with E-state index in [2.05, 4.69) is 4.72 Å². The average Bonchev–Trinajstić information content (AvgIpc) is 2.61. The van der Waals surface area contributed by atoms with Crippen molar-refractivity contribution < 1.29 is 8.42 Å². The van der Waals surface area contributed by atoms with Crippen molar-refractivity contribution in [3.63, 3.8) is 0 Å². The minimum atomic E-state index is -3.70. The molecule has 0 aliphatic rings. The van der Waals surface area contributed by atoms with Crippen LogP contribution in [0.5, 0.6) is 0 Å². The van der Waals surface area contributed by atoms with Crippen LogP contribution < -0.4 is 4.72 Å². The van der Waals surface area contributed by atoms with E-state index in [1.54, 1.807) is 30.3 Å². The monoisotopic (exact) mass is 371 g/mol. The lowest BCUT2D eigenvalue weighted by molar-refractivity contribution is 0.572. The maximum Gasteiger partial charge on any atom is 0.241 e. The van der Waals surface area contributed by atoms with Crippen LogP contribution in [0.15, 0.2) is 83.8 Å². The van der Waals surface area contributed by atoms with Gasteiger partial charge in [-0.2, -0.15) is 4.72 Å². The molecule has 0 fully saturated rings. The van der Waals surface area contributed by atoms with Crippen LogP contribution in [0, 0.1) is 6.92 Å². The highest BCUT2D eigenvalue weighted by Crippen LogP contribution is 2.29. The fourth-order valence-corrected chi connectivity index (χ4v) is 4.06. The Hall–Kier alpha value is -2.14. The number of halogens is 1. The summed E-state index contributed by atoms with van der Waals surface area (Å²) in [7, 11) is -3.70. The molecule has 3 nitrogen and oxygen atoms in total. The smallest absolute Gasteiger partial charge is 0.207 e. The average molecular weight is 372 g/mol. The van der Waals surface area contributed by atoms with Gasteiger partial charge in [-0.15, -0.1) is 0 Å². The van der Waals surface area contributed by atoms with E-state index in [1.165, 1.54) is 0 Å². The summed E-state index contributed by atoms with van der Waals surface area (Å²) in [4.78, 5) is 0.228. The van der Waals surface area contributed by atoms with Gasteiger partial charge in [0.05, 0.1) is 10.9 Å². The van der Waals surface area contributed by atoms with Crippen molar-refractivity contribution in [3.05, 3.63) is 101 Å². The van der Waals surface area contributed by atoms with E-state index >= 15 is 0 Å². The summed E-state index contributed by atoms with van der Waals surface area (Å²) in [6.45, 7) is 1.92. The molecule has 0 saturated heterocycles. The lowest BCUT2D eigenvalue weighted by atomic mass is 10.00. The number of benzene rings is 3. The minimum absolute atomic E-state index is 0.228. The van der Waals surface area contributed by atoms with Crippen LogP contribution in [0.1, 0.15) is 22.7 Å². The highest BCUT2D eigenvalue weighted by molar-refractivity contribution is 7.89. The van der Waals surface area contributed by atoms with Gasteiger partial charge in [0.15, 0.2) is 0 Å². The van der Waals surface area contributed by atoms with E-state index in [9.17, 15) is 8.42 Å². The van der Waals surface area contributed by atoms with Gasteiger partial charge < -0.3 is 0 Å². The van der Waals surface area contributed by atoms with Crippen LogP contribution in [-0.2, 0) is 10.0 Å². The summed E-state index contributed by atoms with van der Waals surface area (Å²) in [5.74, 6) is 0. The van der Waals surface area contributed by atoms with Crippen LogP contribution in [0.25, 0.3) is 0 Å². The number of hydrogen-bond donors (Lipinski definition) is 1. The molecule has 25 heavy (non-hydrogen) atoms. The molecule has 0 amide bonds. The van der Waals surface area contributed by atoms with Crippen molar-refractivity contribution in [2.45, 2.75) is 17.9 Å². The first-order valence-corrected chi connectivity index (χ1v) is 9.72. The van der Waals surface area contributed by atoms with Crippen molar-refractivity contribution in [1.29, 1.82) is 0 Å². The third-order valence-corrected chi connectivity index (χ3v) is 5.74. The van der Waals surface area contributed by atoms with Gasteiger partial charge >= 0.3 is 0 Å². The number of sulfonamides is 1. The van der Waals surface area contributed by atoms with Gasteiger partial charge in [0.2, 0.25) is 10.0 Å². The molecular formula is C20H18ClNO2S. The van der Waals surface area contributed by atoms with Crippen molar-refractivity contribution in [3.8, 4) is 0 Å². The number of aryl methyl sites for hydroxylation is 1. The van der Waals surface area contributed by atoms with Gasteiger partial charge in [-0.3, -0.25) is 0 Å². The number of hydrogen-bond acceptors (Lipinski definition) is 2. The Bertz CT molecular complexity index is 955. The summed E-state index contributed by atoms with van der Waals surface area (Å²) in [6, 6.07) is 22.9. The van der Waals surface area contributed by atoms with Crippen molar-refractivity contribution in [2.75, 3.05) is 0 Å². The topological polar surface area (TPSA) is 46.2 Å². The van der Waals surface area contributed by atoms with Crippen LogP contribution in [0.2, 0.25) is 5.02 Å². The second kappa shape index (κ2) is 7.40. The Labute approximate surface area is 153 Å². The SMILES string of the molecule is Cc1ccc(S(=O)(=O)N[C@H](c2ccccc2)c2ccccc2Cl)cc1. The van der Waals surface area contributed by atoms with Crippen LogP contribution in [-0.4, -0.2) is 8.42 Å². The zero-order chi connectivity index (χ0) is 17.9. The first-order chi connectivity index (χ1) is 12.0. The molecule has 0 radical (unpaired) electrons. The van der Waals surface area contributed by atoms with Gasteiger partial charge in [0, 0.05) is 5.02 Å². The second-order valence-corrected chi connectivity index (χ2v) is 7.92. The molecule has 0 bridgehead atoms. The van der Waals surface area contributed by atoms with Gasteiger partial charge in [0.1, 0.15) is 0 Å². The van der Waals surface area contributed by atoms with E-state index in [0.29, 0.717) is 10.6 Å². The molecule has 0 unspecified atom stereocenters. The van der Waals surface area contributed by atoms with Crippen LogP contribution in [0.4, 0.5) is 0 Å². The summed E-state index contributed by atoms with van der Waals surface area (Å²) in [5, 5.41) is 0.517. The molecule has 3 rings (SSSR count). The molecule has 0 aliphatic carbocycles. The molecule has 5 heteroatoms. The van der Waals surface area contributed by atoms with E-state index in [4.69, 9.17) is 11.6 Å². The summed E-state index contributed by atoms with van der Waals surface area (Å²) >= 11 is 6.33. The molecule has 1 atom stereocenters. The fourth-order valence-electron chi connectivity index (χ4n) is 2.61. The third-order valence-electron chi connectivity index (χ3n) is 3.95. The Morgan fingerprint density at radius 2 is 1.44 bits per heavy atom. The highest BCUT2D eigenvalue weighted by atomic mass is 35.5. The van der Waals surface area contributed by atoms with Gasteiger partial charge in [-0.25, -0.2) is 8.42 Å². The molecule has 0 saturated carbocycles. The largest absolute Gasteiger partial charge is 0.241 e. The number of rotatable bonds is 5. The standard InChI is InChI=1S/C20H18ClNO2S/c1-15-11-13-17(14-12-15)25(23,24)22-20(16-7-3-2-4-8-16)18-9-5-6-10-19(18)21/h2-14,20,22H,1H3/t20-/m1/s1. The van der Waals surface area contributed by atoms with Crippen molar-refractivity contribution in [2.24, 2.45) is 0 Å². The summed E-state index contributed by atoms with van der Waals surface area (Å²) in [6.07, 6.45) is 0. The predicted molar refractivity (Wildman–Crippen MR) is 101 cm³/mol. The second-order valence-electron chi connectivity index (χ2n) is 5.80. The van der Waals surface area contributed by atoms with Crippen LogP contribution >= 0.6 is 11.6 Å². The zero-order valence-corrected chi connectivity index (χ0v) is 15.3. The Morgan fingerprint density at radius 1 is 0.840 bits per heavy atom. The maximum atomic E-state index is 12.9. The third kappa shape index (κ3) is 4.10. The van der Waals surface area contributed by atoms with E-state index in [-0.39, 0.29) is 4.90 Å². The van der Waals surface area contributed by atoms with Crippen molar-refractivity contribution in [1.82, 2.24) is 4.72 Å². The lowest BCUT2D eigenvalue weighted by Crippen LogP contribution is -2.29. The van der Waals surface area contributed by atoms with E-state index in [0.717, 1.165) is 11.1 Å². The quantitative estimate of drug-likeness (QED) is 0.705. The predicted octanol–water partition coefficient (Wildman–Crippen LogP) is 4.72. The van der Waals surface area contributed by atoms with E-state index in [1.807, 2.05) is 55.5 Å². The highest BCUT2D eigenvalue weighted by Gasteiger charge is 2.24. The fraction of sp³-hybridized carbons (Fsp3) is 0.100. The first kappa shape index (κ1) is 17.7. The molecule has 128 valence electrons. The maximum absolute atomic E-state index is 12.9. The minimum Gasteiger partial charge on any atom is -0.207 e. The Morgan fingerprint density at radius 3 is 2.08 bits per heavy atom. The van der Waals surface area contributed by atoms with Gasteiger partial charge in [-0.1, -0.05) is 77.8 Å². The molecule has 0 aliphatic heterocycles. The van der Waals surface area contributed by atoms with Gasteiger partial charge in [-0.05, 0) is 36.2 Å². The molecule has 0 spiro atoms. The van der Waals surface area contributed by atoms with Crippen molar-refractivity contribution >= 4 is 21.6 Å². The molecule has 3 aromatic carbocycles. The summed E-state index contributed by atoms with van der Waals surface area (Å²) < 4.78 is 28.5. The van der Waals surface area contributed by atoms with Gasteiger partial charge in [0.25, 0.3) is 0 Å².